The van der Waals surface area contributed by atoms with Gasteiger partial charge in [-0.05, 0) is 56.2 Å². The molecule has 0 N–H and O–H groups in total. The summed E-state index contributed by atoms with van der Waals surface area (Å²) in [6, 6.07) is 9.66. The van der Waals surface area contributed by atoms with E-state index in [0.29, 0.717) is 24.6 Å². The Morgan fingerprint density at radius 1 is 1.33 bits per heavy atom. The summed E-state index contributed by atoms with van der Waals surface area (Å²) in [7, 11) is 0. The number of ether oxygens (including phenoxy) is 1. The Kier molecular flexibility index (Phi) is 3.26. The predicted octanol–water partition coefficient (Wildman–Crippen LogP) is 2.95. The standard InChI is InChI=1S/C18H23NO2/c1-2-21-18(20)16-14-10-9-12-6-3-4-7-13(12)17(14)19-11-5-8-15(16)19/h3-4,6-7,14-17H,2,5,8-11H2,1H3/t14-,15-,16-,17-/m1/s1. The summed E-state index contributed by atoms with van der Waals surface area (Å²) in [5, 5.41) is 0. The van der Waals surface area contributed by atoms with Gasteiger partial charge in [0, 0.05) is 12.1 Å². The van der Waals surface area contributed by atoms with E-state index >= 15 is 0 Å². The molecule has 1 aliphatic carbocycles. The summed E-state index contributed by atoms with van der Waals surface area (Å²) in [6.45, 7) is 3.54. The first-order valence-corrected chi connectivity index (χ1v) is 8.31. The van der Waals surface area contributed by atoms with E-state index in [1.807, 2.05) is 6.92 Å². The van der Waals surface area contributed by atoms with Gasteiger partial charge in [-0.2, -0.15) is 0 Å². The molecular weight excluding hydrogens is 262 g/mol. The van der Waals surface area contributed by atoms with Crippen LogP contribution in [0.25, 0.3) is 0 Å². The van der Waals surface area contributed by atoms with Gasteiger partial charge in [0.15, 0.2) is 0 Å². The van der Waals surface area contributed by atoms with Gasteiger partial charge in [-0.15, -0.1) is 0 Å². The lowest BCUT2D eigenvalue weighted by atomic mass is 9.74. The molecule has 0 unspecified atom stereocenters. The van der Waals surface area contributed by atoms with Crippen molar-refractivity contribution in [1.29, 1.82) is 0 Å². The monoisotopic (exact) mass is 285 g/mol. The maximum absolute atomic E-state index is 12.5. The van der Waals surface area contributed by atoms with Crippen molar-refractivity contribution in [2.24, 2.45) is 11.8 Å². The summed E-state index contributed by atoms with van der Waals surface area (Å²) in [5.74, 6) is 0.580. The molecule has 0 amide bonds. The highest BCUT2D eigenvalue weighted by Crippen LogP contribution is 2.53. The van der Waals surface area contributed by atoms with Crippen molar-refractivity contribution in [3.63, 3.8) is 0 Å². The molecule has 0 spiro atoms. The van der Waals surface area contributed by atoms with Crippen LogP contribution in [-0.4, -0.2) is 30.1 Å². The molecule has 21 heavy (non-hydrogen) atoms. The number of benzene rings is 1. The molecule has 2 aliphatic heterocycles. The minimum Gasteiger partial charge on any atom is -0.466 e. The topological polar surface area (TPSA) is 29.5 Å². The maximum Gasteiger partial charge on any atom is 0.310 e. The summed E-state index contributed by atoms with van der Waals surface area (Å²) in [5.41, 5.74) is 2.95. The SMILES string of the molecule is CCOC(=O)[C@@H]1[C@H]2CCc3ccccc3[C@H]2N2CCC[C@H]12. The molecule has 0 bridgehead atoms. The molecule has 4 rings (SSSR count). The zero-order chi connectivity index (χ0) is 14.4. The van der Waals surface area contributed by atoms with E-state index in [-0.39, 0.29) is 11.9 Å². The minimum absolute atomic E-state index is 0.0429. The second-order valence-electron chi connectivity index (χ2n) is 6.57. The molecule has 2 saturated heterocycles. The first-order valence-electron chi connectivity index (χ1n) is 8.31. The Hall–Kier alpha value is -1.35. The van der Waals surface area contributed by atoms with Gasteiger partial charge in [-0.1, -0.05) is 24.3 Å². The lowest BCUT2D eigenvalue weighted by Crippen LogP contribution is -2.32. The van der Waals surface area contributed by atoms with Gasteiger partial charge in [-0.25, -0.2) is 0 Å². The molecule has 1 aromatic carbocycles. The van der Waals surface area contributed by atoms with E-state index in [4.69, 9.17) is 4.74 Å². The third-order valence-electron chi connectivity index (χ3n) is 5.66. The lowest BCUT2D eigenvalue weighted by molar-refractivity contribution is -0.150. The molecule has 4 atom stereocenters. The van der Waals surface area contributed by atoms with Crippen LogP contribution >= 0.6 is 0 Å². The second kappa shape index (κ2) is 5.13. The molecular formula is C18H23NO2. The zero-order valence-corrected chi connectivity index (χ0v) is 12.6. The lowest BCUT2D eigenvalue weighted by Gasteiger charge is -2.33. The molecule has 0 aromatic heterocycles. The van der Waals surface area contributed by atoms with Gasteiger partial charge < -0.3 is 4.74 Å². The highest BCUT2D eigenvalue weighted by Gasteiger charge is 2.55. The number of fused-ring (bicyclic) bond motifs is 5. The maximum atomic E-state index is 12.5. The number of nitrogens with zero attached hydrogens (tertiary/aromatic N) is 1. The number of aryl methyl sites for hydroxylation is 1. The van der Waals surface area contributed by atoms with Gasteiger partial charge in [0.1, 0.15) is 0 Å². The Morgan fingerprint density at radius 3 is 3.05 bits per heavy atom. The van der Waals surface area contributed by atoms with Crippen LogP contribution in [0, 0.1) is 11.8 Å². The van der Waals surface area contributed by atoms with Crippen molar-refractivity contribution in [3.05, 3.63) is 35.4 Å². The van der Waals surface area contributed by atoms with E-state index in [0.717, 1.165) is 25.8 Å². The van der Waals surface area contributed by atoms with E-state index in [2.05, 4.69) is 29.2 Å². The number of rotatable bonds is 2. The molecule has 3 nitrogen and oxygen atoms in total. The number of hydrogen-bond donors (Lipinski definition) is 0. The van der Waals surface area contributed by atoms with Crippen LogP contribution < -0.4 is 0 Å². The number of hydrogen-bond acceptors (Lipinski definition) is 3. The van der Waals surface area contributed by atoms with Crippen molar-refractivity contribution in [1.82, 2.24) is 4.90 Å². The Morgan fingerprint density at radius 2 is 2.19 bits per heavy atom. The van der Waals surface area contributed by atoms with Gasteiger partial charge >= 0.3 is 5.97 Å². The third kappa shape index (κ3) is 1.94. The molecule has 2 fully saturated rings. The summed E-state index contributed by atoms with van der Waals surface area (Å²) < 4.78 is 5.41. The van der Waals surface area contributed by atoms with Crippen molar-refractivity contribution in [3.8, 4) is 0 Å². The molecule has 0 saturated carbocycles. The number of carbonyl (C=O) groups excluding carboxylic acids is 1. The van der Waals surface area contributed by atoms with E-state index in [1.54, 1.807) is 0 Å². The van der Waals surface area contributed by atoms with Crippen LogP contribution in [0.4, 0.5) is 0 Å². The fourth-order valence-corrected chi connectivity index (χ4v) is 4.96. The molecule has 2 heterocycles. The van der Waals surface area contributed by atoms with Crippen LogP contribution in [0.5, 0.6) is 0 Å². The Labute approximate surface area is 126 Å². The highest BCUT2D eigenvalue weighted by molar-refractivity contribution is 5.74. The molecule has 1 aromatic rings. The van der Waals surface area contributed by atoms with Gasteiger partial charge in [0.2, 0.25) is 0 Å². The largest absolute Gasteiger partial charge is 0.466 e. The van der Waals surface area contributed by atoms with Crippen LogP contribution in [0.1, 0.15) is 43.4 Å². The Balaban J connectivity index is 1.73. The minimum atomic E-state index is 0.0429. The fraction of sp³-hybridized carbons (Fsp3) is 0.611. The molecule has 3 heteroatoms. The van der Waals surface area contributed by atoms with Crippen molar-refractivity contribution in [2.75, 3.05) is 13.2 Å². The second-order valence-corrected chi connectivity index (χ2v) is 6.57. The smallest absolute Gasteiger partial charge is 0.310 e. The molecule has 0 radical (unpaired) electrons. The summed E-state index contributed by atoms with van der Waals surface area (Å²) >= 11 is 0. The van der Waals surface area contributed by atoms with Crippen LogP contribution in [0.15, 0.2) is 24.3 Å². The molecule has 112 valence electrons. The molecule has 3 aliphatic rings. The normalized spacial score (nSPS) is 34.1. The van der Waals surface area contributed by atoms with Crippen LogP contribution in [0.3, 0.4) is 0 Å². The zero-order valence-electron chi connectivity index (χ0n) is 12.6. The fourth-order valence-electron chi connectivity index (χ4n) is 4.96. The van der Waals surface area contributed by atoms with E-state index in [9.17, 15) is 4.79 Å². The third-order valence-corrected chi connectivity index (χ3v) is 5.66. The summed E-state index contributed by atoms with van der Waals surface area (Å²) in [6.07, 6.45) is 4.59. The quantitative estimate of drug-likeness (QED) is 0.782. The van der Waals surface area contributed by atoms with Crippen molar-refractivity contribution >= 4 is 5.97 Å². The van der Waals surface area contributed by atoms with Gasteiger partial charge in [0.25, 0.3) is 0 Å². The van der Waals surface area contributed by atoms with Crippen molar-refractivity contribution in [2.45, 2.75) is 44.7 Å². The highest BCUT2D eigenvalue weighted by atomic mass is 16.5. The average molecular weight is 285 g/mol. The first-order chi connectivity index (χ1) is 10.3. The number of carbonyl (C=O) groups is 1. The van der Waals surface area contributed by atoms with Gasteiger partial charge in [0.05, 0.1) is 12.5 Å². The van der Waals surface area contributed by atoms with Gasteiger partial charge in [-0.3, -0.25) is 9.69 Å². The Bertz CT molecular complexity index is 556. The van der Waals surface area contributed by atoms with Crippen molar-refractivity contribution < 1.29 is 9.53 Å². The van der Waals surface area contributed by atoms with E-state index in [1.165, 1.54) is 17.5 Å². The number of esters is 1. The average Bonchev–Trinajstić information content (AvgIpc) is 3.06. The first kappa shape index (κ1) is 13.3. The summed E-state index contributed by atoms with van der Waals surface area (Å²) in [4.78, 5) is 15.1. The van der Waals surface area contributed by atoms with E-state index < -0.39 is 0 Å². The van der Waals surface area contributed by atoms with Crippen LogP contribution in [-0.2, 0) is 16.0 Å². The van der Waals surface area contributed by atoms with Crippen LogP contribution in [0.2, 0.25) is 0 Å². The predicted molar refractivity (Wildman–Crippen MR) is 80.8 cm³/mol.